The Morgan fingerprint density at radius 3 is 2.75 bits per heavy atom. The second-order valence-electron chi connectivity index (χ2n) is 6.22. The molecule has 0 radical (unpaired) electrons. The Labute approximate surface area is 142 Å². The zero-order valence-corrected chi connectivity index (χ0v) is 13.8. The Morgan fingerprint density at radius 2 is 1.92 bits per heavy atom. The Balaban J connectivity index is 1.55. The van der Waals surface area contributed by atoms with Gasteiger partial charge in [0.1, 0.15) is 0 Å². The molecule has 0 saturated carbocycles. The molecule has 2 aromatic carbocycles. The maximum Gasteiger partial charge on any atom is 0.251 e. The van der Waals surface area contributed by atoms with Gasteiger partial charge in [0.25, 0.3) is 5.91 Å². The second kappa shape index (κ2) is 7.30. The third kappa shape index (κ3) is 3.65. The van der Waals surface area contributed by atoms with Crippen molar-refractivity contribution in [2.45, 2.75) is 25.7 Å². The minimum absolute atomic E-state index is 0.0345. The van der Waals surface area contributed by atoms with Crippen LogP contribution >= 0.6 is 0 Å². The molecule has 1 aliphatic rings. The van der Waals surface area contributed by atoms with Gasteiger partial charge in [-0.2, -0.15) is 0 Å². The van der Waals surface area contributed by atoms with Crippen LogP contribution in [0.25, 0.3) is 0 Å². The smallest absolute Gasteiger partial charge is 0.251 e. The summed E-state index contributed by atoms with van der Waals surface area (Å²) in [5, 5.41) is 5.89. The molecule has 0 bridgehead atoms. The first-order valence-corrected chi connectivity index (χ1v) is 8.33. The number of hydrogen-bond acceptors (Lipinski definition) is 2. The van der Waals surface area contributed by atoms with E-state index in [1.165, 1.54) is 11.1 Å². The number of benzene rings is 2. The van der Waals surface area contributed by atoms with Crippen molar-refractivity contribution < 1.29 is 9.59 Å². The van der Waals surface area contributed by atoms with Crippen LogP contribution in [0.3, 0.4) is 0 Å². The maximum atomic E-state index is 12.1. The number of fused-ring (bicyclic) bond motifs is 1. The summed E-state index contributed by atoms with van der Waals surface area (Å²) >= 11 is 0. The molecule has 0 saturated heterocycles. The van der Waals surface area contributed by atoms with Crippen LogP contribution in [0.5, 0.6) is 0 Å². The van der Waals surface area contributed by atoms with Crippen molar-refractivity contribution in [2.24, 2.45) is 0 Å². The van der Waals surface area contributed by atoms with Crippen LogP contribution in [0.4, 0.5) is 0 Å². The highest BCUT2D eigenvalue weighted by Gasteiger charge is 2.24. The topological polar surface area (TPSA) is 58.2 Å². The Morgan fingerprint density at radius 1 is 1.17 bits per heavy atom. The van der Waals surface area contributed by atoms with E-state index in [1.54, 1.807) is 0 Å². The largest absolute Gasteiger partial charge is 0.355 e. The highest BCUT2D eigenvalue weighted by atomic mass is 16.2. The van der Waals surface area contributed by atoms with Gasteiger partial charge in [-0.05, 0) is 36.1 Å². The molecule has 1 heterocycles. The van der Waals surface area contributed by atoms with Gasteiger partial charge in [0.15, 0.2) is 0 Å². The van der Waals surface area contributed by atoms with Crippen molar-refractivity contribution in [3.05, 3.63) is 70.8 Å². The van der Waals surface area contributed by atoms with Crippen LogP contribution in [-0.2, 0) is 11.2 Å². The van der Waals surface area contributed by atoms with Gasteiger partial charge in [-0.25, -0.2) is 0 Å². The SMILES string of the molecule is Cc1ccccc1CCC(=O)NCC1CNC(=O)c2ccccc21. The molecular weight excluding hydrogens is 300 g/mol. The molecule has 4 heteroatoms. The summed E-state index contributed by atoms with van der Waals surface area (Å²) in [7, 11) is 0. The van der Waals surface area contributed by atoms with Crippen LogP contribution in [0, 0.1) is 6.92 Å². The van der Waals surface area contributed by atoms with Gasteiger partial charge >= 0.3 is 0 Å². The van der Waals surface area contributed by atoms with Crippen molar-refractivity contribution in [1.82, 2.24) is 10.6 Å². The van der Waals surface area contributed by atoms with Gasteiger partial charge in [0, 0.05) is 31.0 Å². The molecule has 0 spiro atoms. The molecule has 1 aliphatic heterocycles. The van der Waals surface area contributed by atoms with Crippen molar-refractivity contribution >= 4 is 11.8 Å². The molecule has 0 aromatic heterocycles. The van der Waals surface area contributed by atoms with E-state index in [-0.39, 0.29) is 17.7 Å². The monoisotopic (exact) mass is 322 g/mol. The molecular formula is C20H22N2O2. The van der Waals surface area contributed by atoms with E-state index in [1.807, 2.05) is 36.4 Å². The predicted molar refractivity (Wildman–Crippen MR) is 94.0 cm³/mol. The van der Waals surface area contributed by atoms with Crippen molar-refractivity contribution in [3.8, 4) is 0 Å². The molecule has 24 heavy (non-hydrogen) atoms. The normalized spacial score (nSPS) is 16.2. The van der Waals surface area contributed by atoms with E-state index in [9.17, 15) is 9.59 Å². The molecule has 4 nitrogen and oxygen atoms in total. The van der Waals surface area contributed by atoms with Gasteiger partial charge < -0.3 is 10.6 Å². The fraction of sp³-hybridized carbons (Fsp3) is 0.300. The van der Waals surface area contributed by atoms with Gasteiger partial charge in [-0.3, -0.25) is 9.59 Å². The third-order valence-corrected chi connectivity index (χ3v) is 4.58. The van der Waals surface area contributed by atoms with E-state index in [4.69, 9.17) is 0 Å². The van der Waals surface area contributed by atoms with Gasteiger partial charge in [-0.15, -0.1) is 0 Å². The molecule has 1 atom stereocenters. The molecule has 0 fully saturated rings. The third-order valence-electron chi connectivity index (χ3n) is 4.58. The number of aryl methyl sites for hydroxylation is 2. The van der Waals surface area contributed by atoms with Crippen LogP contribution < -0.4 is 10.6 Å². The Hall–Kier alpha value is -2.62. The summed E-state index contributed by atoms with van der Waals surface area (Å²) in [6.45, 7) is 3.17. The van der Waals surface area contributed by atoms with E-state index in [0.29, 0.717) is 25.1 Å². The Bertz CT molecular complexity index is 755. The molecule has 2 N–H and O–H groups in total. The predicted octanol–water partition coefficient (Wildman–Crippen LogP) is 2.57. The molecule has 1 unspecified atom stereocenters. The average molecular weight is 322 g/mol. The number of nitrogens with one attached hydrogen (secondary N) is 2. The fourth-order valence-electron chi connectivity index (χ4n) is 3.13. The maximum absolute atomic E-state index is 12.1. The number of amides is 2. The highest BCUT2D eigenvalue weighted by Crippen LogP contribution is 2.23. The summed E-state index contributed by atoms with van der Waals surface area (Å²) in [5.74, 6) is 0.140. The minimum atomic E-state index is -0.0345. The quantitative estimate of drug-likeness (QED) is 0.889. The van der Waals surface area contributed by atoms with Crippen molar-refractivity contribution in [2.75, 3.05) is 13.1 Å². The van der Waals surface area contributed by atoms with Gasteiger partial charge in [0.05, 0.1) is 0 Å². The second-order valence-corrected chi connectivity index (χ2v) is 6.22. The van der Waals surface area contributed by atoms with E-state index >= 15 is 0 Å². The van der Waals surface area contributed by atoms with Crippen LogP contribution in [0.15, 0.2) is 48.5 Å². The first kappa shape index (κ1) is 16.2. The zero-order chi connectivity index (χ0) is 16.9. The number of hydrogen-bond donors (Lipinski definition) is 2. The lowest BCUT2D eigenvalue weighted by molar-refractivity contribution is -0.121. The lowest BCUT2D eigenvalue weighted by atomic mass is 9.90. The van der Waals surface area contributed by atoms with E-state index in [0.717, 1.165) is 12.0 Å². The fourth-order valence-corrected chi connectivity index (χ4v) is 3.13. The highest BCUT2D eigenvalue weighted by molar-refractivity contribution is 5.97. The summed E-state index contributed by atoms with van der Waals surface area (Å²) in [6.07, 6.45) is 1.22. The first-order chi connectivity index (χ1) is 11.6. The summed E-state index contributed by atoms with van der Waals surface area (Å²) in [5.41, 5.74) is 4.15. The van der Waals surface area contributed by atoms with Crippen LogP contribution in [-0.4, -0.2) is 24.9 Å². The number of carbonyl (C=O) groups excluding carboxylic acids is 2. The van der Waals surface area contributed by atoms with E-state index in [2.05, 4.69) is 29.7 Å². The Kier molecular flexibility index (Phi) is 4.94. The van der Waals surface area contributed by atoms with Crippen LogP contribution in [0.2, 0.25) is 0 Å². The summed E-state index contributed by atoms with van der Waals surface area (Å²) in [4.78, 5) is 24.0. The minimum Gasteiger partial charge on any atom is -0.355 e. The van der Waals surface area contributed by atoms with Gasteiger partial charge in [-0.1, -0.05) is 42.5 Å². The average Bonchev–Trinajstić information content (AvgIpc) is 2.61. The number of carbonyl (C=O) groups is 2. The number of rotatable bonds is 5. The summed E-state index contributed by atoms with van der Waals surface area (Å²) in [6, 6.07) is 15.7. The standard InChI is InChI=1S/C20H22N2O2/c1-14-6-2-3-7-15(14)10-11-19(23)21-12-16-13-22-20(24)18-9-5-4-8-17(16)18/h2-9,16H,10-13H2,1H3,(H,21,23)(H,22,24). The van der Waals surface area contributed by atoms with Crippen molar-refractivity contribution in [3.63, 3.8) is 0 Å². The molecule has 3 rings (SSSR count). The summed E-state index contributed by atoms with van der Waals surface area (Å²) < 4.78 is 0. The molecule has 2 aromatic rings. The molecule has 2 amide bonds. The molecule has 0 aliphatic carbocycles. The first-order valence-electron chi connectivity index (χ1n) is 8.33. The van der Waals surface area contributed by atoms with Crippen LogP contribution in [0.1, 0.15) is 39.4 Å². The zero-order valence-electron chi connectivity index (χ0n) is 13.8. The van der Waals surface area contributed by atoms with Crippen molar-refractivity contribution in [1.29, 1.82) is 0 Å². The van der Waals surface area contributed by atoms with Gasteiger partial charge in [0.2, 0.25) is 5.91 Å². The van der Waals surface area contributed by atoms with E-state index < -0.39 is 0 Å². The lowest BCUT2D eigenvalue weighted by Crippen LogP contribution is -2.40. The molecule has 124 valence electrons. The lowest BCUT2D eigenvalue weighted by Gasteiger charge is -2.25.